The molecule has 0 amide bonds. The fraction of sp³-hybridized carbons (Fsp3) is 0.188. The van der Waals surface area contributed by atoms with Crippen molar-refractivity contribution in [1.82, 2.24) is 19.8 Å². The number of aryl methyl sites for hydroxylation is 2. The minimum Gasteiger partial charge on any atom is -0.485 e. The van der Waals surface area contributed by atoms with E-state index in [-0.39, 0.29) is 12.4 Å². The molecule has 3 aromatic rings. The summed E-state index contributed by atoms with van der Waals surface area (Å²) in [6.07, 6.45) is 0. The van der Waals surface area contributed by atoms with E-state index in [1.165, 1.54) is 13.1 Å². The Kier molecular flexibility index (Phi) is 4.35. The quantitative estimate of drug-likeness (QED) is 0.727. The van der Waals surface area contributed by atoms with Crippen LogP contribution in [0.25, 0.3) is 5.69 Å². The molecule has 6 nitrogen and oxygen atoms in total. The topological polar surface area (TPSA) is 61.9 Å². The first kappa shape index (κ1) is 16.2. The molecule has 0 aliphatic heterocycles. The molecule has 124 valence electrons. The van der Waals surface area contributed by atoms with Crippen LogP contribution in [0.5, 0.6) is 5.75 Å². The predicted molar refractivity (Wildman–Crippen MR) is 87.1 cm³/mol. The van der Waals surface area contributed by atoms with Crippen LogP contribution in [0.1, 0.15) is 11.1 Å². The molecule has 0 saturated carbocycles. The fourth-order valence-corrected chi connectivity index (χ4v) is 2.52. The van der Waals surface area contributed by atoms with E-state index in [1.54, 1.807) is 37.3 Å². The molecule has 0 saturated heterocycles. The Labute approximate surface area is 142 Å². The van der Waals surface area contributed by atoms with Gasteiger partial charge in [0.1, 0.15) is 6.61 Å². The van der Waals surface area contributed by atoms with Crippen molar-refractivity contribution in [2.24, 2.45) is 7.05 Å². The average Bonchev–Trinajstić information content (AvgIpc) is 2.87. The van der Waals surface area contributed by atoms with E-state index >= 15 is 0 Å². The Morgan fingerprint density at radius 1 is 1.21 bits per heavy atom. The molecule has 0 aliphatic carbocycles. The van der Waals surface area contributed by atoms with Gasteiger partial charge >= 0.3 is 5.69 Å². The van der Waals surface area contributed by atoms with Crippen molar-refractivity contribution in [3.63, 3.8) is 0 Å². The van der Waals surface area contributed by atoms with Crippen LogP contribution in [0.15, 0.2) is 41.2 Å². The standard InChI is InChI=1S/C16H14ClFN4O2/c1-10-5-3-7-13(18)15(10)24-9-11-12(17)6-4-8-14(11)22-16(23)21(2)19-20-22/h3-8H,9H2,1-2H3. The van der Waals surface area contributed by atoms with E-state index in [2.05, 4.69) is 10.4 Å². The summed E-state index contributed by atoms with van der Waals surface area (Å²) in [5.41, 5.74) is 1.21. The van der Waals surface area contributed by atoms with Crippen molar-refractivity contribution in [1.29, 1.82) is 0 Å². The zero-order valence-electron chi connectivity index (χ0n) is 13.0. The molecule has 2 aromatic carbocycles. The summed E-state index contributed by atoms with van der Waals surface area (Å²) in [6.45, 7) is 1.74. The Bertz CT molecular complexity index is 931. The third-order valence-corrected chi connectivity index (χ3v) is 3.92. The van der Waals surface area contributed by atoms with Gasteiger partial charge in [-0.25, -0.2) is 9.18 Å². The number of aromatic nitrogens is 4. The number of hydrogen-bond acceptors (Lipinski definition) is 4. The highest BCUT2D eigenvalue weighted by molar-refractivity contribution is 6.31. The van der Waals surface area contributed by atoms with Gasteiger partial charge in [-0.2, -0.15) is 9.36 Å². The van der Waals surface area contributed by atoms with Crippen molar-refractivity contribution < 1.29 is 9.13 Å². The lowest BCUT2D eigenvalue weighted by Crippen LogP contribution is -2.23. The summed E-state index contributed by atoms with van der Waals surface area (Å²) in [5.74, 6) is -0.310. The normalized spacial score (nSPS) is 10.8. The number of tetrazole rings is 1. The maximum absolute atomic E-state index is 13.9. The smallest absolute Gasteiger partial charge is 0.368 e. The second-order valence-electron chi connectivity index (χ2n) is 5.21. The van der Waals surface area contributed by atoms with Crippen LogP contribution in [-0.2, 0) is 13.7 Å². The summed E-state index contributed by atoms with van der Waals surface area (Å²) in [4.78, 5) is 12.1. The maximum atomic E-state index is 13.9. The van der Waals surface area contributed by atoms with Crippen molar-refractivity contribution >= 4 is 11.6 Å². The van der Waals surface area contributed by atoms with Crippen LogP contribution < -0.4 is 10.4 Å². The van der Waals surface area contributed by atoms with Crippen LogP contribution in [0.2, 0.25) is 5.02 Å². The number of para-hydroxylation sites is 1. The van der Waals surface area contributed by atoms with Crippen LogP contribution in [0, 0.1) is 12.7 Å². The van der Waals surface area contributed by atoms with Crippen LogP contribution in [0.3, 0.4) is 0 Å². The van der Waals surface area contributed by atoms with E-state index in [0.29, 0.717) is 21.8 Å². The Balaban J connectivity index is 2.00. The fourth-order valence-electron chi connectivity index (χ4n) is 2.30. The number of hydrogen-bond donors (Lipinski definition) is 0. The first-order chi connectivity index (χ1) is 11.5. The molecule has 0 spiro atoms. The minimum absolute atomic E-state index is 0.0141. The summed E-state index contributed by atoms with van der Waals surface area (Å²) < 4.78 is 21.7. The summed E-state index contributed by atoms with van der Waals surface area (Å²) >= 11 is 6.24. The molecule has 0 unspecified atom stereocenters. The highest BCUT2D eigenvalue weighted by atomic mass is 35.5. The van der Waals surface area contributed by atoms with Gasteiger partial charge in [0.2, 0.25) is 0 Å². The highest BCUT2D eigenvalue weighted by Gasteiger charge is 2.15. The van der Waals surface area contributed by atoms with E-state index < -0.39 is 11.5 Å². The highest BCUT2D eigenvalue weighted by Crippen LogP contribution is 2.27. The summed E-state index contributed by atoms with van der Waals surface area (Å²) in [6, 6.07) is 9.71. The zero-order valence-corrected chi connectivity index (χ0v) is 13.8. The lowest BCUT2D eigenvalue weighted by molar-refractivity contribution is 0.287. The molecule has 0 fully saturated rings. The predicted octanol–water partition coefficient (Wildman–Crippen LogP) is 2.65. The molecule has 8 heteroatoms. The Morgan fingerprint density at radius 3 is 2.62 bits per heavy atom. The summed E-state index contributed by atoms with van der Waals surface area (Å²) in [7, 11) is 1.50. The molecule has 0 atom stereocenters. The molecule has 0 aliphatic rings. The SMILES string of the molecule is Cc1cccc(F)c1OCc1c(Cl)cccc1-n1nnn(C)c1=O. The van der Waals surface area contributed by atoms with E-state index in [1.807, 2.05) is 0 Å². The molecular weight excluding hydrogens is 335 g/mol. The third-order valence-electron chi connectivity index (χ3n) is 3.57. The van der Waals surface area contributed by atoms with Gasteiger partial charge in [0.15, 0.2) is 11.6 Å². The monoisotopic (exact) mass is 348 g/mol. The largest absolute Gasteiger partial charge is 0.485 e. The lowest BCUT2D eigenvalue weighted by atomic mass is 10.2. The first-order valence-electron chi connectivity index (χ1n) is 7.13. The number of halogens is 2. The third kappa shape index (κ3) is 2.90. The Morgan fingerprint density at radius 2 is 1.96 bits per heavy atom. The molecule has 0 radical (unpaired) electrons. The van der Waals surface area contributed by atoms with Crippen molar-refractivity contribution in [3.8, 4) is 11.4 Å². The van der Waals surface area contributed by atoms with Crippen molar-refractivity contribution in [2.45, 2.75) is 13.5 Å². The van der Waals surface area contributed by atoms with Crippen LogP contribution in [-0.4, -0.2) is 19.8 Å². The van der Waals surface area contributed by atoms with Gasteiger partial charge in [-0.15, -0.1) is 0 Å². The van der Waals surface area contributed by atoms with Crippen LogP contribution >= 0.6 is 11.6 Å². The second-order valence-corrected chi connectivity index (χ2v) is 5.62. The molecule has 3 rings (SSSR count). The molecule has 1 heterocycles. The molecular formula is C16H14ClFN4O2. The van der Waals surface area contributed by atoms with E-state index in [9.17, 15) is 9.18 Å². The maximum Gasteiger partial charge on any atom is 0.368 e. The van der Waals surface area contributed by atoms with E-state index in [0.717, 1.165) is 9.36 Å². The van der Waals surface area contributed by atoms with Crippen molar-refractivity contribution in [3.05, 3.63) is 68.8 Å². The minimum atomic E-state index is -0.458. The molecule has 1 aromatic heterocycles. The van der Waals surface area contributed by atoms with Gasteiger partial charge in [0.05, 0.1) is 5.69 Å². The molecule has 0 bridgehead atoms. The molecule has 0 N–H and O–H groups in total. The average molecular weight is 349 g/mol. The Hall–Kier alpha value is -2.67. The lowest BCUT2D eigenvalue weighted by Gasteiger charge is -2.13. The number of rotatable bonds is 4. The van der Waals surface area contributed by atoms with Gasteiger partial charge in [-0.05, 0) is 41.1 Å². The van der Waals surface area contributed by atoms with Crippen LogP contribution in [0.4, 0.5) is 4.39 Å². The van der Waals surface area contributed by atoms with E-state index in [4.69, 9.17) is 16.3 Å². The van der Waals surface area contributed by atoms with Gasteiger partial charge < -0.3 is 4.74 Å². The van der Waals surface area contributed by atoms with Gasteiger partial charge in [-0.1, -0.05) is 29.8 Å². The van der Waals surface area contributed by atoms with Gasteiger partial charge in [-0.3, -0.25) is 0 Å². The summed E-state index contributed by atoms with van der Waals surface area (Å²) in [5, 5.41) is 7.88. The number of benzene rings is 2. The molecule has 24 heavy (non-hydrogen) atoms. The van der Waals surface area contributed by atoms with Gasteiger partial charge in [0.25, 0.3) is 0 Å². The zero-order chi connectivity index (χ0) is 17.3. The number of ether oxygens (including phenoxy) is 1. The first-order valence-corrected chi connectivity index (χ1v) is 7.51. The van der Waals surface area contributed by atoms with Crippen molar-refractivity contribution in [2.75, 3.05) is 0 Å². The van der Waals surface area contributed by atoms with Gasteiger partial charge in [0, 0.05) is 17.6 Å². The second kappa shape index (κ2) is 6.45. The number of nitrogens with zero attached hydrogens (tertiary/aromatic N) is 4.